The van der Waals surface area contributed by atoms with Crippen LogP contribution in [0.4, 0.5) is 11.7 Å². The van der Waals surface area contributed by atoms with Gasteiger partial charge >= 0.3 is 0 Å². The van der Waals surface area contributed by atoms with Crippen LogP contribution >= 0.6 is 23.5 Å². The lowest BCUT2D eigenvalue weighted by Gasteiger charge is -2.26. The minimum absolute atomic E-state index is 0.000516. The van der Waals surface area contributed by atoms with Crippen LogP contribution in [0.5, 0.6) is 5.75 Å². The molecule has 3 unspecified atom stereocenters. The molecule has 0 saturated carbocycles. The Morgan fingerprint density at radius 2 is 1.93 bits per heavy atom. The first kappa shape index (κ1) is 26.2. The summed E-state index contributed by atoms with van der Waals surface area (Å²) in [5, 5.41) is 17.6. The number of nitroso groups, excluding NO2 is 1. The van der Waals surface area contributed by atoms with Crippen LogP contribution in [-0.4, -0.2) is 66.9 Å². The summed E-state index contributed by atoms with van der Waals surface area (Å²) in [6, 6.07) is 17.4. The Balaban J connectivity index is 1.19. The maximum atomic E-state index is 13.5. The van der Waals surface area contributed by atoms with Gasteiger partial charge in [0.05, 0.1) is 23.0 Å². The molecule has 40 heavy (non-hydrogen) atoms. The van der Waals surface area contributed by atoms with Gasteiger partial charge in [0, 0.05) is 33.7 Å². The summed E-state index contributed by atoms with van der Waals surface area (Å²) in [5.41, 5.74) is 1.42. The standard InChI is InChI=1S/C28H24N6O4S2/c1-34-21(15-40-28(34)20-14-39-27(30-20)18-7-3-5-9-22(18)35)26(36)32-25-17-6-2-4-8-19(17)29-23(31-25)12-10-16-11-13-24(33-37)38-16/h2-13,20-21,28,35H,14-15H2,1H3,(H,29,31,32,36)/b12-10+. The van der Waals surface area contributed by atoms with Crippen molar-refractivity contribution in [1.82, 2.24) is 14.9 Å². The number of fused-ring (bicyclic) bond motifs is 1. The van der Waals surface area contributed by atoms with Gasteiger partial charge in [-0.3, -0.25) is 14.7 Å². The highest BCUT2D eigenvalue weighted by atomic mass is 32.2. The topological polar surface area (TPSA) is 133 Å². The van der Waals surface area contributed by atoms with Crippen molar-refractivity contribution in [2.75, 3.05) is 23.9 Å². The van der Waals surface area contributed by atoms with E-state index in [2.05, 4.69) is 25.4 Å². The maximum Gasteiger partial charge on any atom is 0.260 e. The van der Waals surface area contributed by atoms with E-state index in [1.165, 1.54) is 6.07 Å². The van der Waals surface area contributed by atoms with Crippen molar-refractivity contribution in [2.24, 2.45) is 10.2 Å². The number of nitrogens with one attached hydrogen (secondary N) is 1. The Morgan fingerprint density at radius 3 is 2.75 bits per heavy atom. The second-order valence-corrected chi connectivity index (χ2v) is 11.4. The maximum absolute atomic E-state index is 13.5. The van der Waals surface area contributed by atoms with Crippen LogP contribution < -0.4 is 5.32 Å². The zero-order chi connectivity index (χ0) is 27.6. The monoisotopic (exact) mass is 572 g/mol. The van der Waals surface area contributed by atoms with Gasteiger partial charge in [-0.05, 0) is 49.5 Å². The fourth-order valence-electron chi connectivity index (χ4n) is 4.68. The minimum Gasteiger partial charge on any atom is -0.507 e. The molecule has 2 aliphatic heterocycles. The molecule has 0 aliphatic carbocycles. The van der Waals surface area contributed by atoms with Gasteiger partial charge in [0.1, 0.15) is 22.4 Å². The van der Waals surface area contributed by atoms with E-state index in [0.29, 0.717) is 28.7 Å². The summed E-state index contributed by atoms with van der Waals surface area (Å²) in [6.07, 6.45) is 3.29. The van der Waals surface area contributed by atoms with Crippen LogP contribution in [0.25, 0.3) is 23.1 Å². The average molecular weight is 573 g/mol. The van der Waals surface area contributed by atoms with Gasteiger partial charge in [-0.1, -0.05) is 24.3 Å². The number of phenolic OH excluding ortho intramolecular Hbond substituents is 1. The number of thioether (sulfide) groups is 2. The van der Waals surface area contributed by atoms with Crippen LogP contribution in [0, 0.1) is 4.91 Å². The van der Waals surface area contributed by atoms with Gasteiger partial charge in [0.25, 0.3) is 5.88 Å². The molecule has 2 N–H and O–H groups in total. The molecule has 3 atom stereocenters. The lowest BCUT2D eigenvalue weighted by Crippen LogP contribution is -2.45. The number of furan rings is 1. The zero-order valence-corrected chi connectivity index (χ0v) is 22.9. The first-order valence-electron chi connectivity index (χ1n) is 12.5. The number of rotatable bonds is 7. The molecule has 4 heterocycles. The number of likely N-dealkylation sites (N-methyl/N-ethyl adjacent to an activating group) is 1. The van der Waals surface area contributed by atoms with Crippen molar-refractivity contribution in [3.63, 3.8) is 0 Å². The van der Waals surface area contributed by atoms with Crippen molar-refractivity contribution in [3.05, 3.63) is 82.7 Å². The highest BCUT2D eigenvalue weighted by Gasteiger charge is 2.42. The number of para-hydroxylation sites is 2. The zero-order valence-electron chi connectivity index (χ0n) is 21.3. The number of phenols is 1. The highest BCUT2D eigenvalue weighted by molar-refractivity contribution is 8.14. The number of anilines is 1. The predicted molar refractivity (Wildman–Crippen MR) is 160 cm³/mol. The van der Waals surface area contributed by atoms with Crippen LogP contribution in [0.1, 0.15) is 17.1 Å². The highest BCUT2D eigenvalue weighted by Crippen LogP contribution is 2.38. The van der Waals surface area contributed by atoms with Gasteiger partial charge in [0.15, 0.2) is 5.82 Å². The van der Waals surface area contributed by atoms with Crippen molar-refractivity contribution in [1.29, 1.82) is 0 Å². The van der Waals surface area contributed by atoms with E-state index in [1.54, 1.807) is 53.9 Å². The minimum atomic E-state index is -0.366. The van der Waals surface area contributed by atoms with Crippen LogP contribution in [0.15, 0.2) is 75.3 Å². The Kier molecular flexibility index (Phi) is 7.37. The average Bonchev–Trinajstić information content (AvgIpc) is 3.72. The molecule has 2 aliphatic rings. The smallest absolute Gasteiger partial charge is 0.260 e. The van der Waals surface area contributed by atoms with Crippen LogP contribution in [-0.2, 0) is 4.79 Å². The van der Waals surface area contributed by atoms with E-state index in [4.69, 9.17) is 9.41 Å². The lowest BCUT2D eigenvalue weighted by atomic mass is 10.2. The molecule has 0 bridgehead atoms. The number of benzene rings is 2. The van der Waals surface area contributed by atoms with Gasteiger partial charge in [-0.15, -0.1) is 28.4 Å². The molecule has 6 rings (SSSR count). The number of amides is 1. The van der Waals surface area contributed by atoms with Gasteiger partial charge < -0.3 is 14.8 Å². The third-order valence-electron chi connectivity index (χ3n) is 6.72. The molecule has 1 saturated heterocycles. The summed E-state index contributed by atoms with van der Waals surface area (Å²) in [7, 11) is 1.95. The van der Waals surface area contributed by atoms with E-state index in [0.717, 1.165) is 21.7 Å². The number of aromatic nitrogens is 2. The SMILES string of the molecule is CN1C(C(=O)Nc2nc(/C=C/c3ccc(N=O)o3)nc3ccccc23)CSC1C1CSC(c2ccccc2O)=N1. The molecule has 1 fully saturated rings. The van der Waals surface area contributed by atoms with Gasteiger partial charge in [-0.2, -0.15) is 0 Å². The second-order valence-electron chi connectivity index (χ2n) is 9.27. The van der Waals surface area contributed by atoms with Crippen molar-refractivity contribution in [3.8, 4) is 5.75 Å². The third-order valence-corrected chi connectivity index (χ3v) is 9.32. The molecule has 2 aromatic heterocycles. The van der Waals surface area contributed by atoms with E-state index in [9.17, 15) is 14.8 Å². The summed E-state index contributed by atoms with van der Waals surface area (Å²) in [4.78, 5) is 40.3. The van der Waals surface area contributed by atoms with Crippen molar-refractivity contribution < 1.29 is 14.3 Å². The number of hydrogen-bond acceptors (Lipinski definition) is 11. The number of aliphatic imine (C=N–C) groups is 1. The summed E-state index contributed by atoms with van der Waals surface area (Å²) in [6.45, 7) is 0. The Bertz CT molecular complexity index is 1650. The van der Waals surface area contributed by atoms with E-state index in [1.807, 2.05) is 43.4 Å². The Morgan fingerprint density at radius 1 is 1.10 bits per heavy atom. The molecule has 4 aromatic rings. The Labute approximate surface area is 238 Å². The molecular formula is C28H24N6O4S2. The number of carbonyl (C=O) groups is 1. The fourth-order valence-corrected chi connectivity index (χ4v) is 7.46. The second kappa shape index (κ2) is 11.2. The van der Waals surface area contributed by atoms with Crippen molar-refractivity contribution in [2.45, 2.75) is 17.5 Å². The predicted octanol–water partition coefficient (Wildman–Crippen LogP) is 5.37. The molecular weight excluding hydrogens is 548 g/mol. The van der Waals surface area contributed by atoms with Crippen LogP contribution in [0.3, 0.4) is 0 Å². The van der Waals surface area contributed by atoms with Crippen molar-refractivity contribution >= 4 is 69.2 Å². The molecule has 2 aromatic carbocycles. The molecule has 12 heteroatoms. The summed E-state index contributed by atoms with van der Waals surface area (Å²) in [5.74, 6) is 2.70. The molecule has 0 spiro atoms. The Hall–Kier alpha value is -4.00. The van der Waals surface area contributed by atoms with E-state index in [-0.39, 0.29) is 35.0 Å². The molecule has 202 valence electrons. The number of hydrogen-bond donors (Lipinski definition) is 2. The normalized spacial score (nSPS) is 21.2. The molecule has 0 radical (unpaired) electrons. The largest absolute Gasteiger partial charge is 0.507 e. The van der Waals surface area contributed by atoms with E-state index >= 15 is 0 Å². The molecule has 1 amide bonds. The molecule has 10 nitrogen and oxygen atoms in total. The van der Waals surface area contributed by atoms with E-state index < -0.39 is 0 Å². The first-order valence-corrected chi connectivity index (χ1v) is 14.5. The van der Waals surface area contributed by atoms with Crippen LogP contribution in [0.2, 0.25) is 0 Å². The lowest BCUT2D eigenvalue weighted by molar-refractivity contribution is -0.120. The van der Waals surface area contributed by atoms with Gasteiger partial charge in [0.2, 0.25) is 5.91 Å². The number of aromatic hydroxyl groups is 1. The summed E-state index contributed by atoms with van der Waals surface area (Å²) >= 11 is 3.34. The van der Waals surface area contributed by atoms with Gasteiger partial charge in [-0.25, -0.2) is 9.97 Å². The third kappa shape index (κ3) is 5.25. The summed E-state index contributed by atoms with van der Waals surface area (Å²) < 4.78 is 5.28. The number of nitrogens with zero attached hydrogens (tertiary/aromatic N) is 5. The first-order chi connectivity index (χ1) is 19.5. The quantitative estimate of drug-likeness (QED) is 0.280. The fraction of sp³-hybridized carbons (Fsp3) is 0.214. The number of carbonyl (C=O) groups excluding carboxylic acids is 1.